The van der Waals surface area contributed by atoms with Crippen molar-refractivity contribution < 1.29 is 22.7 Å². The van der Waals surface area contributed by atoms with E-state index in [2.05, 4.69) is 15.3 Å². The summed E-state index contributed by atoms with van der Waals surface area (Å²) in [5.41, 5.74) is 2.72. The van der Waals surface area contributed by atoms with Crippen LogP contribution in [-0.2, 0) is 11.3 Å². The molecule has 31 heavy (non-hydrogen) atoms. The molecular formula is C22H18F2N4O3. The van der Waals surface area contributed by atoms with E-state index in [1.807, 2.05) is 31.2 Å². The fourth-order valence-corrected chi connectivity index (χ4v) is 3.23. The predicted molar refractivity (Wildman–Crippen MR) is 107 cm³/mol. The Labute approximate surface area is 176 Å². The Hall–Kier alpha value is -3.88. The van der Waals surface area contributed by atoms with Gasteiger partial charge in [-0.3, -0.25) is 0 Å². The summed E-state index contributed by atoms with van der Waals surface area (Å²) in [7, 11) is 0. The Bertz CT molecular complexity index is 1280. The lowest BCUT2D eigenvalue weighted by molar-refractivity contribution is 0.0437. The van der Waals surface area contributed by atoms with Gasteiger partial charge in [-0.1, -0.05) is 17.7 Å². The van der Waals surface area contributed by atoms with Gasteiger partial charge in [-0.15, -0.1) is 10.2 Å². The standard InChI is InChI=1S/C22H18F2N4O3/c1-12-5-4-6-15(9-12)21-26-25-19(31-21)11-30-22(29)20-13(2)27-28(14(20)3)18-8-7-16(23)10-17(18)24/h4-10H,11H2,1-3H3. The molecule has 158 valence electrons. The third kappa shape index (κ3) is 4.07. The summed E-state index contributed by atoms with van der Waals surface area (Å²) in [5.74, 6) is -1.70. The molecule has 0 N–H and O–H groups in total. The lowest BCUT2D eigenvalue weighted by atomic mass is 10.1. The van der Waals surface area contributed by atoms with Crippen molar-refractivity contribution >= 4 is 5.97 Å². The summed E-state index contributed by atoms with van der Waals surface area (Å²) in [5, 5.41) is 12.1. The zero-order valence-electron chi connectivity index (χ0n) is 17.0. The second kappa shape index (κ2) is 8.10. The van der Waals surface area contributed by atoms with E-state index in [1.165, 1.54) is 10.7 Å². The molecular weight excluding hydrogens is 406 g/mol. The van der Waals surface area contributed by atoms with Crippen molar-refractivity contribution in [2.24, 2.45) is 0 Å². The minimum Gasteiger partial charge on any atom is -0.452 e. The number of hydrogen-bond acceptors (Lipinski definition) is 6. The molecule has 7 nitrogen and oxygen atoms in total. The SMILES string of the molecule is Cc1cccc(-c2nnc(COC(=O)c3c(C)nn(-c4ccc(F)cc4F)c3C)o2)c1. The summed E-state index contributed by atoms with van der Waals surface area (Å²) in [4.78, 5) is 12.6. The van der Waals surface area contributed by atoms with Crippen LogP contribution >= 0.6 is 0 Å². The molecule has 0 atom stereocenters. The second-order valence-corrected chi connectivity index (χ2v) is 7.00. The summed E-state index contributed by atoms with van der Waals surface area (Å²) >= 11 is 0. The van der Waals surface area contributed by atoms with Gasteiger partial charge in [0.25, 0.3) is 5.89 Å². The number of aryl methyl sites for hydroxylation is 2. The Morgan fingerprint density at radius 3 is 2.65 bits per heavy atom. The third-order valence-electron chi connectivity index (χ3n) is 4.69. The van der Waals surface area contributed by atoms with Crippen molar-refractivity contribution in [3.05, 3.63) is 82.5 Å². The maximum Gasteiger partial charge on any atom is 0.342 e. The Morgan fingerprint density at radius 2 is 1.90 bits per heavy atom. The molecule has 2 aromatic carbocycles. The topological polar surface area (TPSA) is 83.0 Å². The highest BCUT2D eigenvalue weighted by Gasteiger charge is 2.23. The van der Waals surface area contributed by atoms with Crippen LogP contribution in [0.15, 0.2) is 46.9 Å². The van der Waals surface area contributed by atoms with Gasteiger partial charge in [-0.25, -0.2) is 18.3 Å². The third-order valence-corrected chi connectivity index (χ3v) is 4.69. The Kier molecular flexibility index (Phi) is 5.33. The number of carbonyl (C=O) groups excluding carboxylic acids is 1. The van der Waals surface area contributed by atoms with E-state index >= 15 is 0 Å². The number of nitrogens with zero attached hydrogens (tertiary/aromatic N) is 4. The minimum absolute atomic E-state index is 0.0285. The Balaban J connectivity index is 1.51. The van der Waals surface area contributed by atoms with Gasteiger partial charge in [0.2, 0.25) is 5.89 Å². The average Bonchev–Trinajstić information content (AvgIpc) is 3.31. The lowest BCUT2D eigenvalue weighted by Gasteiger charge is -2.06. The van der Waals surface area contributed by atoms with Crippen molar-refractivity contribution in [3.63, 3.8) is 0 Å². The van der Waals surface area contributed by atoms with Crippen LogP contribution in [0.3, 0.4) is 0 Å². The first-order chi connectivity index (χ1) is 14.8. The molecule has 0 bridgehead atoms. The normalized spacial score (nSPS) is 11.0. The summed E-state index contributed by atoms with van der Waals surface area (Å²) in [6.45, 7) is 4.92. The van der Waals surface area contributed by atoms with Gasteiger partial charge in [0.05, 0.1) is 11.4 Å². The van der Waals surface area contributed by atoms with Crippen molar-refractivity contribution in [1.82, 2.24) is 20.0 Å². The number of benzene rings is 2. The highest BCUT2D eigenvalue weighted by molar-refractivity contribution is 5.92. The molecule has 0 radical (unpaired) electrons. The first-order valence-corrected chi connectivity index (χ1v) is 9.41. The molecule has 0 saturated heterocycles. The predicted octanol–water partition coefficient (Wildman–Crippen LogP) is 4.48. The molecule has 0 unspecified atom stereocenters. The lowest BCUT2D eigenvalue weighted by Crippen LogP contribution is -2.09. The van der Waals surface area contributed by atoms with Crippen molar-refractivity contribution in [2.75, 3.05) is 0 Å². The van der Waals surface area contributed by atoms with Crippen LogP contribution in [-0.4, -0.2) is 25.9 Å². The van der Waals surface area contributed by atoms with Gasteiger partial charge in [0.15, 0.2) is 12.4 Å². The summed E-state index contributed by atoms with van der Waals surface area (Å²) in [6.07, 6.45) is 0. The van der Waals surface area contributed by atoms with E-state index in [9.17, 15) is 13.6 Å². The van der Waals surface area contributed by atoms with Crippen molar-refractivity contribution in [2.45, 2.75) is 27.4 Å². The number of ether oxygens (including phenoxy) is 1. The molecule has 2 heterocycles. The smallest absolute Gasteiger partial charge is 0.342 e. The van der Waals surface area contributed by atoms with E-state index in [0.717, 1.165) is 23.3 Å². The van der Waals surface area contributed by atoms with Gasteiger partial charge in [-0.05, 0) is 45.0 Å². The van der Waals surface area contributed by atoms with E-state index in [0.29, 0.717) is 17.3 Å². The molecule has 4 aromatic rings. The van der Waals surface area contributed by atoms with Gasteiger partial charge < -0.3 is 9.15 Å². The molecule has 0 aliphatic heterocycles. The largest absolute Gasteiger partial charge is 0.452 e. The van der Waals surface area contributed by atoms with Gasteiger partial charge in [0.1, 0.15) is 17.1 Å². The van der Waals surface area contributed by atoms with Crippen LogP contribution in [0.5, 0.6) is 0 Å². The van der Waals surface area contributed by atoms with E-state index < -0.39 is 17.6 Å². The van der Waals surface area contributed by atoms with E-state index in [4.69, 9.17) is 9.15 Å². The second-order valence-electron chi connectivity index (χ2n) is 7.00. The maximum atomic E-state index is 14.2. The van der Waals surface area contributed by atoms with Crippen LogP contribution in [0.2, 0.25) is 0 Å². The monoisotopic (exact) mass is 424 g/mol. The molecule has 2 aromatic heterocycles. The first-order valence-electron chi connectivity index (χ1n) is 9.41. The van der Waals surface area contributed by atoms with Crippen LogP contribution in [0, 0.1) is 32.4 Å². The van der Waals surface area contributed by atoms with E-state index in [-0.39, 0.29) is 23.7 Å². The zero-order valence-corrected chi connectivity index (χ0v) is 17.0. The molecule has 9 heteroatoms. The van der Waals surface area contributed by atoms with Gasteiger partial charge in [0, 0.05) is 11.6 Å². The quantitative estimate of drug-likeness (QED) is 0.439. The minimum atomic E-state index is -0.792. The van der Waals surface area contributed by atoms with Crippen LogP contribution in [0.25, 0.3) is 17.1 Å². The van der Waals surface area contributed by atoms with E-state index in [1.54, 1.807) is 13.8 Å². The number of halogens is 2. The molecule has 0 amide bonds. The summed E-state index contributed by atoms with van der Waals surface area (Å²) in [6, 6.07) is 10.7. The molecule has 0 aliphatic rings. The van der Waals surface area contributed by atoms with Crippen molar-refractivity contribution in [3.8, 4) is 17.1 Å². The number of hydrogen-bond donors (Lipinski definition) is 0. The molecule has 0 spiro atoms. The average molecular weight is 424 g/mol. The molecule has 0 saturated carbocycles. The van der Waals surface area contributed by atoms with Crippen molar-refractivity contribution in [1.29, 1.82) is 0 Å². The van der Waals surface area contributed by atoms with Crippen LogP contribution < -0.4 is 0 Å². The maximum absolute atomic E-state index is 14.2. The highest BCUT2D eigenvalue weighted by atomic mass is 19.1. The molecule has 4 rings (SSSR count). The van der Waals surface area contributed by atoms with Crippen LogP contribution in [0.4, 0.5) is 8.78 Å². The van der Waals surface area contributed by atoms with Crippen LogP contribution in [0.1, 0.15) is 33.2 Å². The van der Waals surface area contributed by atoms with Gasteiger partial charge in [-0.2, -0.15) is 5.10 Å². The number of carbonyl (C=O) groups is 1. The first kappa shape index (κ1) is 20.4. The number of aromatic nitrogens is 4. The molecule has 0 aliphatic carbocycles. The molecule has 0 fully saturated rings. The Morgan fingerprint density at radius 1 is 1.10 bits per heavy atom. The fraction of sp³-hybridized carbons (Fsp3) is 0.182. The highest BCUT2D eigenvalue weighted by Crippen LogP contribution is 2.23. The number of rotatable bonds is 5. The van der Waals surface area contributed by atoms with Gasteiger partial charge >= 0.3 is 5.97 Å². The number of esters is 1. The summed E-state index contributed by atoms with van der Waals surface area (Å²) < 4.78 is 39.5. The zero-order chi connectivity index (χ0) is 22.1. The fourth-order valence-electron chi connectivity index (χ4n) is 3.23.